The summed E-state index contributed by atoms with van der Waals surface area (Å²) in [5.41, 5.74) is 0.449. The summed E-state index contributed by atoms with van der Waals surface area (Å²) >= 11 is 3.07. The second-order valence-electron chi connectivity index (χ2n) is 7.31. The van der Waals surface area contributed by atoms with Gasteiger partial charge in [0.2, 0.25) is 5.91 Å². The number of piperazine rings is 1. The lowest BCUT2D eigenvalue weighted by Crippen LogP contribution is -2.48. The van der Waals surface area contributed by atoms with Crippen molar-refractivity contribution in [1.82, 2.24) is 15.2 Å². The van der Waals surface area contributed by atoms with E-state index in [0.717, 1.165) is 47.5 Å². The first-order valence-electron chi connectivity index (χ1n) is 10.3. The highest BCUT2D eigenvalue weighted by Gasteiger charge is 2.20. The second kappa shape index (κ2) is 10.4. The van der Waals surface area contributed by atoms with Gasteiger partial charge in [0.05, 0.1) is 4.70 Å². The minimum Gasteiger partial charge on any atom is -0.355 e. The molecule has 1 fully saturated rings. The summed E-state index contributed by atoms with van der Waals surface area (Å²) in [5.74, 6) is 0.172. The molecule has 1 aromatic heterocycles. The Labute approximate surface area is 188 Å². The average molecular weight is 463 g/mol. The molecule has 0 radical (unpaired) electrons. The third-order valence-electron chi connectivity index (χ3n) is 5.16. The van der Waals surface area contributed by atoms with Gasteiger partial charge >= 0.3 is 0 Å². The maximum atomic E-state index is 13.9. The Hall–Kier alpha value is -2.23. The highest BCUT2D eigenvalue weighted by atomic mass is 32.2. The number of carbonyl (C=O) groups excluding carboxylic acids is 1. The van der Waals surface area contributed by atoms with E-state index in [0.29, 0.717) is 24.2 Å². The number of hydrogen-bond acceptors (Lipinski definition) is 6. The lowest BCUT2D eigenvalue weighted by Gasteiger charge is -2.34. The number of hydrogen-bond donors (Lipinski definition) is 1. The number of thiazole rings is 1. The SMILES string of the molecule is O=C(CCSc1ccc(F)cc1)NCCN1CCN(c2nc3c(F)cccc3s2)CC1. The third kappa shape index (κ3) is 5.93. The van der Waals surface area contributed by atoms with Gasteiger partial charge in [-0.05, 0) is 36.4 Å². The van der Waals surface area contributed by atoms with E-state index in [4.69, 9.17) is 0 Å². The monoisotopic (exact) mass is 462 g/mol. The molecule has 164 valence electrons. The van der Waals surface area contributed by atoms with Gasteiger partial charge < -0.3 is 10.2 Å². The van der Waals surface area contributed by atoms with Crippen molar-refractivity contribution in [2.24, 2.45) is 0 Å². The quantitative estimate of drug-likeness (QED) is 0.513. The van der Waals surface area contributed by atoms with Crippen LogP contribution >= 0.6 is 23.1 Å². The molecule has 9 heteroatoms. The number of fused-ring (bicyclic) bond motifs is 1. The molecule has 1 N–H and O–H groups in total. The lowest BCUT2D eigenvalue weighted by molar-refractivity contribution is -0.120. The predicted molar refractivity (Wildman–Crippen MR) is 123 cm³/mol. The van der Waals surface area contributed by atoms with Crippen molar-refractivity contribution in [3.63, 3.8) is 0 Å². The summed E-state index contributed by atoms with van der Waals surface area (Å²) in [7, 11) is 0. The molecule has 0 atom stereocenters. The third-order valence-corrected chi connectivity index (χ3v) is 7.26. The number of nitrogens with zero attached hydrogens (tertiary/aromatic N) is 3. The Kier molecular flexibility index (Phi) is 7.37. The van der Waals surface area contributed by atoms with Crippen LogP contribution in [0.5, 0.6) is 0 Å². The van der Waals surface area contributed by atoms with Gasteiger partial charge in [-0.3, -0.25) is 9.69 Å². The minimum absolute atomic E-state index is 0.0322. The molecule has 2 aromatic carbocycles. The fourth-order valence-corrected chi connectivity index (χ4v) is 5.32. The number of amides is 1. The van der Waals surface area contributed by atoms with Crippen molar-refractivity contribution in [2.45, 2.75) is 11.3 Å². The van der Waals surface area contributed by atoms with Crippen molar-refractivity contribution in [3.05, 3.63) is 54.1 Å². The molecule has 1 amide bonds. The molecule has 5 nitrogen and oxygen atoms in total. The Morgan fingerprint density at radius 2 is 1.87 bits per heavy atom. The molecule has 0 saturated carbocycles. The Balaban J connectivity index is 1.13. The first-order chi connectivity index (χ1) is 15.1. The van der Waals surface area contributed by atoms with Gasteiger partial charge in [0.1, 0.15) is 17.2 Å². The largest absolute Gasteiger partial charge is 0.355 e. The average Bonchev–Trinajstić information content (AvgIpc) is 3.21. The molecule has 0 spiro atoms. The topological polar surface area (TPSA) is 48.5 Å². The molecular formula is C22H24F2N4OS2. The number of carbonyl (C=O) groups is 1. The van der Waals surface area contributed by atoms with E-state index in [9.17, 15) is 13.6 Å². The van der Waals surface area contributed by atoms with E-state index < -0.39 is 0 Å². The van der Waals surface area contributed by atoms with Gasteiger partial charge in [-0.1, -0.05) is 17.4 Å². The number of anilines is 1. The van der Waals surface area contributed by atoms with Crippen molar-refractivity contribution < 1.29 is 13.6 Å². The highest BCUT2D eigenvalue weighted by Crippen LogP contribution is 2.30. The number of aromatic nitrogens is 1. The van der Waals surface area contributed by atoms with Crippen LogP contribution in [0.4, 0.5) is 13.9 Å². The van der Waals surface area contributed by atoms with Crippen LogP contribution < -0.4 is 10.2 Å². The fourth-order valence-electron chi connectivity index (χ4n) is 3.44. The van der Waals surface area contributed by atoms with Crippen LogP contribution in [0.25, 0.3) is 10.2 Å². The summed E-state index contributed by atoms with van der Waals surface area (Å²) in [5, 5.41) is 3.84. The first-order valence-corrected chi connectivity index (χ1v) is 12.1. The number of para-hydroxylation sites is 1. The van der Waals surface area contributed by atoms with Gasteiger partial charge in [-0.15, -0.1) is 11.8 Å². The van der Waals surface area contributed by atoms with Crippen LogP contribution in [0.15, 0.2) is 47.4 Å². The summed E-state index contributed by atoms with van der Waals surface area (Å²) in [6, 6.07) is 11.4. The molecule has 0 aliphatic carbocycles. The van der Waals surface area contributed by atoms with Crippen molar-refractivity contribution in [2.75, 3.05) is 49.9 Å². The van der Waals surface area contributed by atoms with E-state index in [-0.39, 0.29) is 17.5 Å². The van der Waals surface area contributed by atoms with E-state index in [1.165, 1.54) is 29.5 Å². The molecule has 0 bridgehead atoms. The molecule has 1 aliphatic rings. The number of rotatable bonds is 8. The second-order valence-corrected chi connectivity index (χ2v) is 9.49. The predicted octanol–water partition coefficient (Wildman–Crippen LogP) is 4.00. The maximum Gasteiger partial charge on any atom is 0.220 e. The van der Waals surface area contributed by atoms with Crippen LogP contribution in [-0.4, -0.2) is 60.8 Å². The number of halogens is 2. The molecule has 3 aromatic rings. The highest BCUT2D eigenvalue weighted by molar-refractivity contribution is 7.99. The number of nitrogens with one attached hydrogen (secondary N) is 1. The molecule has 4 rings (SSSR count). The number of benzene rings is 2. The zero-order valence-electron chi connectivity index (χ0n) is 17.0. The standard InChI is InChI=1S/C22H24F2N4OS2/c23-16-4-6-17(7-5-16)30-15-8-20(29)25-9-10-27-11-13-28(14-12-27)22-26-21-18(24)2-1-3-19(21)31-22/h1-7H,8-15H2,(H,25,29). The molecule has 31 heavy (non-hydrogen) atoms. The van der Waals surface area contributed by atoms with Crippen LogP contribution in [0.2, 0.25) is 0 Å². The Morgan fingerprint density at radius 1 is 1.10 bits per heavy atom. The summed E-state index contributed by atoms with van der Waals surface area (Å²) < 4.78 is 27.7. The van der Waals surface area contributed by atoms with E-state index >= 15 is 0 Å². The normalized spacial score (nSPS) is 14.8. The van der Waals surface area contributed by atoms with Gasteiger partial charge in [0, 0.05) is 56.3 Å². The van der Waals surface area contributed by atoms with Gasteiger partial charge in [0.15, 0.2) is 5.13 Å². The van der Waals surface area contributed by atoms with Gasteiger partial charge in [-0.2, -0.15) is 0 Å². The van der Waals surface area contributed by atoms with Crippen molar-refractivity contribution >= 4 is 44.4 Å². The minimum atomic E-state index is -0.273. The Bertz CT molecular complexity index is 1020. The molecule has 1 saturated heterocycles. The molecular weight excluding hydrogens is 438 g/mol. The Morgan fingerprint density at radius 3 is 2.61 bits per heavy atom. The van der Waals surface area contributed by atoms with Crippen LogP contribution in [-0.2, 0) is 4.79 Å². The summed E-state index contributed by atoms with van der Waals surface area (Å²) in [4.78, 5) is 22.0. The van der Waals surface area contributed by atoms with E-state index in [1.54, 1.807) is 30.0 Å². The molecule has 1 aliphatic heterocycles. The zero-order valence-corrected chi connectivity index (χ0v) is 18.7. The van der Waals surface area contributed by atoms with E-state index in [2.05, 4.69) is 20.1 Å². The van der Waals surface area contributed by atoms with Crippen LogP contribution in [0.1, 0.15) is 6.42 Å². The summed E-state index contributed by atoms with van der Waals surface area (Å²) in [6.45, 7) is 4.86. The summed E-state index contributed by atoms with van der Waals surface area (Å²) in [6.07, 6.45) is 0.435. The van der Waals surface area contributed by atoms with Crippen molar-refractivity contribution in [1.29, 1.82) is 0 Å². The van der Waals surface area contributed by atoms with Crippen LogP contribution in [0.3, 0.4) is 0 Å². The smallest absolute Gasteiger partial charge is 0.220 e. The molecule has 0 unspecified atom stereocenters. The first kappa shape index (κ1) is 22.0. The molecule has 2 heterocycles. The fraction of sp³-hybridized carbons (Fsp3) is 0.364. The van der Waals surface area contributed by atoms with E-state index in [1.807, 2.05) is 6.07 Å². The van der Waals surface area contributed by atoms with Crippen LogP contribution in [0, 0.1) is 11.6 Å². The maximum absolute atomic E-state index is 13.9. The van der Waals surface area contributed by atoms with Gasteiger partial charge in [0.25, 0.3) is 0 Å². The zero-order chi connectivity index (χ0) is 21.6. The lowest BCUT2D eigenvalue weighted by atomic mass is 10.3. The number of thioether (sulfide) groups is 1. The van der Waals surface area contributed by atoms with Crippen molar-refractivity contribution in [3.8, 4) is 0 Å². The van der Waals surface area contributed by atoms with Gasteiger partial charge in [-0.25, -0.2) is 13.8 Å².